The summed E-state index contributed by atoms with van der Waals surface area (Å²) in [5, 5.41) is 32.0. The van der Waals surface area contributed by atoms with E-state index in [1.807, 2.05) is 0 Å². The van der Waals surface area contributed by atoms with Crippen molar-refractivity contribution in [1.82, 2.24) is 47.9 Å². The monoisotopic (exact) mass is 1090 g/mol. The van der Waals surface area contributed by atoms with Gasteiger partial charge in [0.25, 0.3) is 0 Å². The highest BCUT2D eigenvalue weighted by atomic mass is 16.3. The lowest BCUT2D eigenvalue weighted by atomic mass is 10.00. The fraction of sp³-hybridized carbons (Fsp3) is 0.510. The molecule has 0 spiro atoms. The molecule has 2 aromatic carbocycles. The molecular formula is C51H75N13O14. The summed E-state index contributed by atoms with van der Waals surface area (Å²) < 4.78 is 0. The van der Waals surface area contributed by atoms with E-state index in [4.69, 9.17) is 22.9 Å². The molecule has 18 N–H and O–H groups in total. The lowest BCUT2D eigenvalue weighted by Crippen LogP contribution is -2.61. The van der Waals surface area contributed by atoms with Gasteiger partial charge in [-0.15, -0.1) is 0 Å². The van der Waals surface area contributed by atoms with E-state index in [0.29, 0.717) is 17.4 Å². The van der Waals surface area contributed by atoms with Crippen LogP contribution in [0, 0.1) is 11.8 Å². The van der Waals surface area contributed by atoms with E-state index in [1.165, 1.54) is 6.92 Å². The van der Waals surface area contributed by atoms with Crippen molar-refractivity contribution in [3.05, 3.63) is 71.8 Å². The molecule has 428 valence electrons. The molecule has 9 atom stereocenters. The van der Waals surface area contributed by atoms with Crippen molar-refractivity contribution in [2.24, 2.45) is 34.8 Å². The normalized spacial score (nSPS) is 14.4. The van der Waals surface area contributed by atoms with Crippen LogP contribution in [0.1, 0.15) is 84.3 Å². The molecule has 2 rings (SSSR count). The molecule has 0 fully saturated rings. The van der Waals surface area contributed by atoms with Crippen molar-refractivity contribution in [3.8, 4) is 0 Å². The van der Waals surface area contributed by atoms with Gasteiger partial charge in [0, 0.05) is 25.7 Å². The summed E-state index contributed by atoms with van der Waals surface area (Å²) in [6.45, 7) is 6.69. The predicted octanol–water partition coefficient (Wildman–Crippen LogP) is -4.89. The topological polar surface area (TPSA) is 454 Å². The first-order chi connectivity index (χ1) is 36.8. The highest BCUT2D eigenvalue weighted by molar-refractivity contribution is 5.99. The molecule has 0 aliphatic heterocycles. The zero-order valence-electron chi connectivity index (χ0n) is 44.3. The van der Waals surface area contributed by atoms with Gasteiger partial charge in [-0.25, -0.2) is 0 Å². The fourth-order valence-electron chi connectivity index (χ4n) is 7.46. The number of rotatable bonds is 35. The number of aldehydes is 1. The number of primary amides is 3. The second kappa shape index (κ2) is 33.6. The number of carbonyl (C=O) groups is 13. The second-order valence-corrected chi connectivity index (χ2v) is 19.2. The van der Waals surface area contributed by atoms with Crippen LogP contribution in [0.3, 0.4) is 0 Å². The number of nitrogens with one attached hydrogen (secondary N) is 9. The Morgan fingerprint density at radius 3 is 1.24 bits per heavy atom. The van der Waals surface area contributed by atoms with E-state index in [1.54, 1.807) is 88.4 Å². The number of aliphatic hydroxyl groups is 1. The Balaban J connectivity index is 2.49. The summed E-state index contributed by atoms with van der Waals surface area (Å²) in [6.07, 6.45) is -2.60. The van der Waals surface area contributed by atoms with E-state index in [-0.39, 0.29) is 31.1 Å². The Morgan fingerprint density at radius 2 is 0.846 bits per heavy atom. The first-order valence-corrected chi connectivity index (χ1v) is 25.2. The average Bonchev–Trinajstić information content (AvgIpc) is 3.38. The first kappa shape index (κ1) is 65.8. The molecule has 0 aliphatic rings. The maximum Gasteiger partial charge on any atom is 0.245 e. The van der Waals surface area contributed by atoms with Gasteiger partial charge in [-0.05, 0) is 49.1 Å². The maximum absolute atomic E-state index is 14.3. The number of benzene rings is 2. The van der Waals surface area contributed by atoms with Crippen LogP contribution in [0.25, 0.3) is 0 Å². The van der Waals surface area contributed by atoms with Crippen LogP contribution < -0.4 is 70.8 Å². The Morgan fingerprint density at radius 1 is 0.474 bits per heavy atom. The highest BCUT2D eigenvalue weighted by Gasteiger charge is 2.36. The molecule has 78 heavy (non-hydrogen) atoms. The third-order valence-corrected chi connectivity index (χ3v) is 11.8. The standard InChI is InChI=1S/C51H75N13O14/c1-27(2)20-34(47(74)61-36(22-31-14-10-7-11-15-31)49(76)58-33(17-19-41(54)68)46(73)64-39(26-66)51(78)63-38(25-65)28(3)4)60-50(77)37(23-42(55)69)62-45(72)32(16-18-40(53)67)57-48(75)35(21-30-12-8-6-9-13-30)59-44(71)29(5)56-43(70)24-52/h6-15,25,27-29,32-39,66H,16-24,26,52H2,1-5H3,(H2,53,67)(H2,54,68)(H2,55,69)(H,56,70)(H,57,75)(H,58,76)(H,59,71)(H,60,77)(H,61,74)(H,62,72)(H,63,78)(H,64,73)/t29-,32-,33-,34-,35-,36-,37-,38+,39-/m0/s1. The molecule has 12 amide bonds. The number of aliphatic hydroxyl groups excluding tert-OH is 1. The second-order valence-electron chi connectivity index (χ2n) is 19.2. The van der Waals surface area contributed by atoms with Crippen LogP contribution in [-0.2, 0) is 75.2 Å². The minimum Gasteiger partial charge on any atom is -0.394 e. The molecular weight excluding hydrogens is 1020 g/mol. The van der Waals surface area contributed by atoms with E-state index in [0.717, 1.165) is 0 Å². The molecule has 0 aromatic heterocycles. The molecule has 0 bridgehead atoms. The largest absolute Gasteiger partial charge is 0.394 e. The number of hydrogen-bond acceptors (Lipinski definition) is 15. The minimum absolute atomic E-state index is 0.106. The van der Waals surface area contributed by atoms with Gasteiger partial charge >= 0.3 is 0 Å². The summed E-state index contributed by atoms with van der Waals surface area (Å²) in [7, 11) is 0. The molecule has 0 saturated carbocycles. The Labute approximate surface area is 451 Å². The quantitative estimate of drug-likeness (QED) is 0.0288. The molecule has 0 saturated heterocycles. The van der Waals surface area contributed by atoms with Gasteiger partial charge in [0.05, 0.1) is 25.6 Å². The summed E-state index contributed by atoms with van der Waals surface area (Å²) >= 11 is 0. The minimum atomic E-state index is -1.83. The van der Waals surface area contributed by atoms with Gasteiger partial charge in [-0.2, -0.15) is 0 Å². The van der Waals surface area contributed by atoms with Crippen LogP contribution in [0.4, 0.5) is 0 Å². The molecule has 27 heteroatoms. The zero-order chi connectivity index (χ0) is 58.6. The highest BCUT2D eigenvalue weighted by Crippen LogP contribution is 2.12. The third kappa shape index (κ3) is 24.1. The summed E-state index contributed by atoms with van der Waals surface area (Å²) in [5.74, 6) is -12.1. The van der Waals surface area contributed by atoms with Gasteiger partial charge < -0.3 is 80.7 Å². The molecule has 0 unspecified atom stereocenters. The number of nitrogens with two attached hydrogens (primary N) is 4. The van der Waals surface area contributed by atoms with Gasteiger partial charge in [-0.1, -0.05) is 88.4 Å². The van der Waals surface area contributed by atoms with Crippen molar-refractivity contribution in [2.45, 2.75) is 140 Å². The average molecular weight is 1090 g/mol. The Kier molecular flexibility index (Phi) is 28.4. The van der Waals surface area contributed by atoms with Crippen LogP contribution in [0.5, 0.6) is 0 Å². The lowest BCUT2D eigenvalue weighted by Gasteiger charge is -2.28. The Bertz CT molecular complexity index is 2410. The van der Waals surface area contributed by atoms with E-state index in [9.17, 15) is 67.4 Å². The van der Waals surface area contributed by atoms with Crippen LogP contribution in [-0.4, -0.2) is 150 Å². The van der Waals surface area contributed by atoms with E-state index < -0.39 is 171 Å². The Hall–Kier alpha value is -8.33. The molecule has 2 aromatic rings. The van der Waals surface area contributed by atoms with Crippen molar-refractivity contribution in [2.75, 3.05) is 13.2 Å². The van der Waals surface area contributed by atoms with Crippen molar-refractivity contribution in [3.63, 3.8) is 0 Å². The number of amides is 12. The van der Waals surface area contributed by atoms with Gasteiger partial charge in [-0.3, -0.25) is 57.5 Å². The van der Waals surface area contributed by atoms with E-state index in [2.05, 4.69) is 47.9 Å². The summed E-state index contributed by atoms with van der Waals surface area (Å²) in [6, 6.07) is 3.42. The predicted molar refractivity (Wildman–Crippen MR) is 281 cm³/mol. The summed E-state index contributed by atoms with van der Waals surface area (Å²) in [5.41, 5.74) is 22.7. The third-order valence-electron chi connectivity index (χ3n) is 11.8. The van der Waals surface area contributed by atoms with E-state index >= 15 is 0 Å². The van der Waals surface area contributed by atoms with Crippen LogP contribution in [0.2, 0.25) is 0 Å². The fourth-order valence-corrected chi connectivity index (χ4v) is 7.46. The van der Waals surface area contributed by atoms with Crippen LogP contribution in [0.15, 0.2) is 60.7 Å². The van der Waals surface area contributed by atoms with Gasteiger partial charge in [0.2, 0.25) is 70.9 Å². The number of hydrogen-bond donors (Lipinski definition) is 14. The summed E-state index contributed by atoms with van der Waals surface area (Å²) in [4.78, 5) is 170. The van der Waals surface area contributed by atoms with Crippen molar-refractivity contribution >= 4 is 77.2 Å². The molecule has 0 heterocycles. The maximum atomic E-state index is 14.3. The van der Waals surface area contributed by atoms with Crippen molar-refractivity contribution < 1.29 is 67.4 Å². The van der Waals surface area contributed by atoms with Gasteiger partial charge in [0.15, 0.2) is 0 Å². The van der Waals surface area contributed by atoms with Crippen LogP contribution >= 0.6 is 0 Å². The zero-order valence-corrected chi connectivity index (χ0v) is 44.3. The lowest BCUT2D eigenvalue weighted by molar-refractivity contribution is -0.137. The smallest absolute Gasteiger partial charge is 0.245 e. The molecule has 0 aliphatic carbocycles. The molecule has 27 nitrogen and oxygen atoms in total. The van der Waals surface area contributed by atoms with Crippen molar-refractivity contribution in [1.29, 1.82) is 0 Å². The molecule has 0 radical (unpaired) electrons. The van der Waals surface area contributed by atoms with Gasteiger partial charge in [0.1, 0.15) is 54.6 Å². The first-order valence-electron chi connectivity index (χ1n) is 25.2. The SMILES string of the molecule is CC(C)C[C@H](NC(=O)[C@H](CC(N)=O)NC(=O)[C@H](CCC(N)=O)NC(=O)[C@H](Cc1ccccc1)NC(=O)[C@H](C)NC(=O)CN)C(=O)N[C@@H](Cc1ccccc1)C(=O)N[C@@H](CCC(N)=O)C(=O)N[C@@H](CO)C(=O)N[C@H](C=O)C(C)C. The number of carbonyl (C=O) groups excluding carboxylic acids is 13.